The lowest BCUT2D eigenvalue weighted by Gasteiger charge is -2.12. The summed E-state index contributed by atoms with van der Waals surface area (Å²) in [7, 11) is 1.76. The van der Waals surface area contributed by atoms with E-state index in [9.17, 15) is 4.79 Å². The van der Waals surface area contributed by atoms with Gasteiger partial charge in [0.05, 0.1) is 0 Å². The molecule has 22 heavy (non-hydrogen) atoms. The molecule has 0 fully saturated rings. The number of rotatable bonds is 7. The van der Waals surface area contributed by atoms with Gasteiger partial charge in [-0.25, -0.2) is 0 Å². The van der Waals surface area contributed by atoms with Crippen LogP contribution in [-0.2, 0) is 4.79 Å². The van der Waals surface area contributed by atoms with E-state index < -0.39 is 0 Å². The number of hydrogen-bond donors (Lipinski definition) is 1. The Bertz CT molecular complexity index is 603. The summed E-state index contributed by atoms with van der Waals surface area (Å²) in [6.45, 7) is 10.6. The minimum atomic E-state index is 0.0454. The number of hydrogen-bond acceptors (Lipinski definition) is 4. The Labute approximate surface area is 137 Å². The molecule has 0 unspecified atom stereocenters. The van der Waals surface area contributed by atoms with Gasteiger partial charge in [-0.3, -0.25) is 9.79 Å². The number of thioether (sulfide) groups is 1. The standard InChI is InChI=1S/C18H24N2OS/c1-6-10-20-14(3)18(22-15(4)21)11-16-9-7-8-13(2)17(16)12-19-5/h7-9,11-12,20H,3,6,10H2,1-2,4-5H3/b18-11-,19-12?. The molecule has 3 nitrogen and oxygen atoms in total. The van der Waals surface area contributed by atoms with Crippen LogP contribution in [0.15, 0.2) is 40.4 Å². The molecular formula is C18H24N2OS. The van der Waals surface area contributed by atoms with Crippen LogP contribution in [0.4, 0.5) is 0 Å². The lowest BCUT2D eigenvalue weighted by atomic mass is 10.0. The van der Waals surface area contributed by atoms with Gasteiger partial charge in [-0.1, -0.05) is 43.5 Å². The van der Waals surface area contributed by atoms with E-state index in [0.717, 1.165) is 40.3 Å². The molecule has 0 radical (unpaired) electrons. The number of carbonyl (C=O) groups excluding carboxylic acids is 1. The summed E-state index contributed by atoms with van der Waals surface area (Å²) < 4.78 is 0. The fourth-order valence-electron chi connectivity index (χ4n) is 1.97. The minimum absolute atomic E-state index is 0.0454. The van der Waals surface area contributed by atoms with Crippen molar-refractivity contribution in [2.24, 2.45) is 4.99 Å². The zero-order chi connectivity index (χ0) is 16.5. The lowest BCUT2D eigenvalue weighted by molar-refractivity contribution is -0.109. The van der Waals surface area contributed by atoms with Gasteiger partial charge >= 0.3 is 0 Å². The van der Waals surface area contributed by atoms with Crippen molar-refractivity contribution in [3.05, 3.63) is 52.1 Å². The van der Waals surface area contributed by atoms with Gasteiger partial charge in [-0.05, 0) is 30.5 Å². The van der Waals surface area contributed by atoms with Gasteiger partial charge in [0, 0.05) is 42.9 Å². The Kier molecular flexibility index (Phi) is 7.67. The van der Waals surface area contributed by atoms with E-state index in [2.05, 4.69) is 36.8 Å². The molecule has 0 aromatic heterocycles. The van der Waals surface area contributed by atoms with E-state index in [1.807, 2.05) is 24.4 Å². The third-order valence-corrected chi connectivity index (χ3v) is 3.91. The molecule has 0 aliphatic rings. The predicted octanol–water partition coefficient (Wildman–Crippen LogP) is 4.18. The first-order chi connectivity index (χ1) is 10.5. The second kappa shape index (κ2) is 9.26. The van der Waals surface area contributed by atoms with Crippen LogP contribution in [0.25, 0.3) is 6.08 Å². The van der Waals surface area contributed by atoms with Crippen molar-refractivity contribution in [3.8, 4) is 0 Å². The summed E-state index contributed by atoms with van der Waals surface area (Å²) in [4.78, 5) is 16.5. The molecule has 1 aromatic carbocycles. The lowest BCUT2D eigenvalue weighted by Crippen LogP contribution is -2.14. The number of nitrogens with zero attached hydrogens (tertiary/aromatic N) is 1. The van der Waals surface area contributed by atoms with Crippen molar-refractivity contribution in [1.29, 1.82) is 0 Å². The molecule has 118 valence electrons. The molecule has 1 N–H and O–H groups in total. The number of carbonyl (C=O) groups is 1. The first-order valence-corrected chi connectivity index (χ1v) is 8.16. The Morgan fingerprint density at radius 3 is 2.77 bits per heavy atom. The van der Waals surface area contributed by atoms with E-state index in [4.69, 9.17) is 0 Å². The third-order valence-electron chi connectivity index (χ3n) is 3.04. The van der Waals surface area contributed by atoms with Crippen LogP contribution in [0.5, 0.6) is 0 Å². The van der Waals surface area contributed by atoms with Gasteiger partial charge < -0.3 is 5.32 Å². The van der Waals surface area contributed by atoms with Crippen molar-refractivity contribution >= 4 is 29.2 Å². The largest absolute Gasteiger partial charge is 0.385 e. The molecule has 0 saturated carbocycles. The Balaban J connectivity index is 3.24. The molecule has 1 rings (SSSR count). The van der Waals surface area contributed by atoms with Crippen LogP contribution in [0.3, 0.4) is 0 Å². The van der Waals surface area contributed by atoms with E-state index in [1.54, 1.807) is 14.0 Å². The highest BCUT2D eigenvalue weighted by Crippen LogP contribution is 2.26. The number of aryl methyl sites for hydroxylation is 1. The summed E-state index contributed by atoms with van der Waals surface area (Å²) in [5.74, 6) is 0. The Hall–Kier alpha value is -1.81. The molecule has 0 amide bonds. The molecule has 1 aromatic rings. The van der Waals surface area contributed by atoms with Crippen molar-refractivity contribution in [3.63, 3.8) is 0 Å². The third kappa shape index (κ3) is 5.53. The van der Waals surface area contributed by atoms with Gasteiger partial charge in [0.15, 0.2) is 5.12 Å². The van der Waals surface area contributed by atoms with Gasteiger partial charge in [0.1, 0.15) is 0 Å². The number of benzene rings is 1. The average molecular weight is 316 g/mol. The normalized spacial score (nSPS) is 11.7. The highest BCUT2D eigenvalue weighted by atomic mass is 32.2. The monoisotopic (exact) mass is 316 g/mol. The van der Waals surface area contributed by atoms with Crippen LogP contribution >= 0.6 is 11.8 Å². The van der Waals surface area contributed by atoms with Crippen molar-refractivity contribution in [2.45, 2.75) is 27.2 Å². The maximum Gasteiger partial charge on any atom is 0.190 e. The summed E-state index contributed by atoms with van der Waals surface area (Å²) in [5.41, 5.74) is 4.03. The second-order valence-electron chi connectivity index (χ2n) is 4.97. The topological polar surface area (TPSA) is 41.5 Å². The Morgan fingerprint density at radius 1 is 1.45 bits per heavy atom. The van der Waals surface area contributed by atoms with Gasteiger partial charge in [0.25, 0.3) is 0 Å². The summed E-state index contributed by atoms with van der Waals surface area (Å²) in [5, 5.41) is 3.30. The first kappa shape index (κ1) is 18.2. The van der Waals surface area contributed by atoms with E-state index in [-0.39, 0.29) is 5.12 Å². The Morgan fingerprint density at radius 2 is 2.18 bits per heavy atom. The van der Waals surface area contributed by atoms with Gasteiger partial charge in [0.2, 0.25) is 0 Å². The molecular weight excluding hydrogens is 292 g/mol. The van der Waals surface area contributed by atoms with Crippen LogP contribution in [0, 0.1) is 6.92 Å². The average Bonchev–Trinajstić information content (AvgIpc) is 2.47. The van der Waals surface area contributed by atoms with Crippen molar-refractivity contribution in [1.82, 2.24) is 5.32 Å². The van der Waals surface area contributed by atoms with Gasteiger partial charge in [-0.15, -0.1) is 0 Å². The molecule has 0 aliphatic heterocycles. The highest BCUT2D eigenvalue weighted by Gasteiger charge is 2.09. The van der Waals surface area contributed by atoms with Crippen molar-refractivity contribution < 1.29 is 4.79 Å². The molecule has 4 heteroatoms. The summed E-state index contributed by atoms with van der Waals surface area (Å²) in [6, 6.07) is 6.08. The quantitative estimate of drug-likeness (QED) is 0.606. The van der Waals surface area contributed by atoms with E-state index in [0.29, 0.717) is 0 Å². The number of nitrogens with one attached hydrogen (secondary N) is 1. The smallest absolute Gasteiger partial charge is 0.190 e. The van der Waals surface area contributed by atoms with Crippen LogP contribution in [0.2, 0.25) is 0 Å². The van der Waals surface area contributed by atoms with E-state index >= 15 is 0 Å². The SMILES string of the molecule is C=C(NCCC)/C(=C/c1cccc(C)c1C=NC)SC(C)=O. The van der Waals surface area contributed by atoms with Crippen LogP contribution < -0.4 is 5.32 Å². The second-order valence-corrected chi connectivity index (χ2v) is 6.19. The molecule has 0 atom stereocenters. The molecule has 0 heterocycles. The summed E-state index contributed by atoms with van der Waals surface area (Å²) >= 11 is 1.20. The molecule has 0 aliphatic carbocycles. The maximum absolute atomic E-state index is 11.5. The maximum atomic E-state index is 11.5. The fourth-order valence-corrected chi connectivity index (χ4v) is 2.66. The van der Waals surface area contributed by atoms with Crippen LogP contribution in [0.1, 0.15) is 37.0 Å². The van der Waals surface area contributed by atoms with Gasteiger partial charge in [-0.2, -0.15) is 0 Å². The first-order valence-electron chi connectivity index (χ1n) is 7.34. The minimum Gasteiger partial charge on any atom is -0.385 e. The number of aliphatic imine (C=N–C) groups is 1. The van der Waals surface area contributed by atoms with E-state index in [1.165, 1.54) is 11.8 Å². The molecule has 0 saturated heterocycles. The predicted molar refractivity (Wildman–Crippen MR) is 98.4 cm³/mol. The fraction of sp³-hybridized carbons (Fsp3) is 0.333. The zero-order valence-corrected chi connectivity index (χ0v) is 14.6. The highest BCUT2D eigenvalue weighted by molar-refractivity contribution is 8.17. The van der Waals surface area contributed by atoms with Crippen LogP contribution in [-0.4, -0.2) is 24.9 Å². The van der Waals surface area contributed by atoms with Crippen molar-refractivity contribution in [2.75, 3.05) is 13.6 Å². The summed E-state index contributed by atoms with van der Waals surface area (Å²) in [6.07, 6.45) is 4.86. The molecule has 0 bridgehead atoms. The zero-order valence-electron chi connectivity index (χ0n) is 13.8. The molecule has 0 spiro atoms.